The Hall–Kier alpha value is -2.07. The van der Waals surface area contributed by atoms with Gasteiger partial charge in [-0.1, -0.05) is 0 Å². The van der Waals surface area contributed by atoms with Crippen LogP contribution < -0.4 is 10.1 Å². The summed E-state index contributed by atoms with van der Waals surface area (Å²) in [4.78, 5) is 6.08. The molecule has 0 fully saturated rings. The third kappa shape index (κ3) is 4.60. The largest absolute Gasteiger partial charge is 0.492 e. The van der Waals surface area contributed by atoms with Crippen molar-refractivity contribution in [3.63, 3.8) is 0 Å². The number of likely N-dealkylation sites (N-methyl/N-ethyl adjacent to an activating group) is 1. The fourth-order valence-corrected chi connectivity index (χ4v) is 1.58. The van der Waals surface area contributed by atoms with Crippen LogP contribution in [0.2, 0.25) is 0 Å². The predicted molar refractivity (Wildman–Crippen MR) is 78.0 cm³/mol. The van der Waals surface area contributed by atoms with Gasteiger partial charge in [0.05, 0.1) is 0 Å². The molecule has 0 aliphatic rings. The lowest BCUT2D eigenvalue weighted by molar-refractivity contribution is 0.261. The number of pyridine rings is 1. The molecule has 100 valence electrons. The van der Waals surface area contributed by atoms with Crippen LogP contribution in [-0.2, 0) is 0 Å². The number of rotatable bonds is 6. The lowest BCUT2D eigenvalue weighted by Gasteiger charge is -2.11. The Morgan fingerprint density at radius 3 is 2.26 bits per heavy atom. The Morgan fingerprint density at radius 2 is 1.63 bits per heavy atom. The van der Waals surface area contributed by atoms with E-state index in [1.807, 2.05) is 50.5 Å². The molecule has 0 aliphatic carbocycles. The Bertz CT molecular complexity index is 483. The lowest BCUT2D eigenvalue weighted by atomic mass is 10.3. The SMILES string of the molecule is CN(C)CCOc1ccc(Nc2ccncc2)cc1. The van der Waals surface area contributed by atoms with E-state index in [1.165, 1.54) is 0 Å². The molecule has 0 aliphatic heterocycles. The van der Waals surface area contributed by atoms with Gasteiger partial charge in [0.25, 0.3) is 0 Å². The van der Waals surface area contributed by atoms with Crippen LogP contribution in [0.15, 0.2) is 48.8 Å². The van der Waals surface area contributed by atoms with Crippen molar-refractivity contribution in [1.82, 2.24) is 9.88 Å². The highest BCUT2D eigenvalue weighted by Gasteiger charge is 1.97. The third-order valence-corrected chi connectivity index (χ3v) is 2.63. The monoisotopic (exact) mass is 257 g/mol. The van der Waals surface area contributed by atoms with E-state index >= 15 is 0 Å². The summed E-state index contributed by atoms with van der Waals surface area (Å²) in [6.45, 7) is 1.61. The molecular weight excluding hydrogens is 238 g/mol. The second-order valence-corrected chi connectivity index (χ2v) is 4.54. The Kier molecular flexibility index (Phi) is 4.75. The molecule has 0 saturated heterocycles. The van der Waals surface area contributed by atoms with E-state index in [2.05, 4.69) is 15.2 Å². The molecule has 0 atom stereocenters. The highest BCUT2D eigenvalue weighted by molar-refractivity contribution is 5.59. The van der Waals surface area contributed by atoms with Gasteiger partial charge in [-0.2, -0.15) is 0 Å². The minimum absolute atomic E-state index is 0.699. The van der Waals surface area contributed by atoms with Crippen LogP contribution >= 0.6 is 0 Å². The average molecular weight is 257 g/mol. The zero-order chi connectivity index (χ0) is 13.5. The Morgan fingerprint density at radius 1 is 1.00 bits per heavy atom. The summed E-state index contributed by atoms with van der Waals surface area (Å²) in [5.74, 6) is 0.891. The van der Waals surface area contributed by atoms with E-state index in [1.54, 1.807) is 12.4 Å². The van der Waals surface area contributed by atoms with Crippen molar-refractivity contribution >= 4 is 11.4 Å². The summed E-state index contributed by atoms with van der Waals surface area (Å²) in [5, 5.41) is 3.30. The van der Waals surface area contributed by atoms with Crippen molar-refractivity contribution < 1.29 is 4.74 Å². The third-order valence-electron chi connectivity index (χ3n) is 2.63. The normalized spacial score (nSPS) is 10.5. The van der Waals surface area contributed by atoms with Crippen molar-refractivity contribution in [1.29, 1.82) is 0 Å². The molecule has 1 aromatic heterocycles. The van der Waals surface area contributed by atoms with Crippen LogP contribution in [0.3, 0.4) is 0 Å². The van der Waals surface area contributed by atoms with Crippen LogP contribution in [0.5, 0.6) is 5.75 Å². The van der Waals surface area contributed by atoms with Gasteiger partial charge in [0.2, 0.25) is 0 Å². The fourth-order valence-electron chi connectivity index (χ4n) is 1.58. The number of nitrogens with one attached hydrogen (secondary N) is 1. The molecule has 2 rings (SSSR count). The minimum Gasteiger partial charge on any atom is -0.492 e. The van der Waals surface area contributed by atoms with Gasteiger partial charge in [-0.05, 0) is 50.5 Å². The summed E-state index contributed by atoms with van der Waals surface area (Å²) in [7, 11) is 4.07. The first-order chi connectivity index (χ1) is 9.24. The van der Waals surface area contributed by atoms with Gasteiger partial charge >= 0.3 is 0 Å². The standard InChI is InChI=1S/C15H19N3O/c1-18(2)11-12-19-15-5-3-13(4-6-15)17-14-7-9-16-10-8-14/h3-10H,11-12H2,1-2H3,(H,16,17). The van der Waals surface area contributed by atoms with Gasteiger partial charge < -0.3 is 15.0 Å². The zero-order valence-electron chi connectivity index (χ0n) is 11.3. The quantitative estimate of drug-likeness (QED) is 0.863. The van der Waals surface area contributed by atoms with Crippen LogP contribution in [-0.4, -0.2) is 37.1 Å². The first kappa shape index (κ1) is 13.4. The maximum absolute atomic E-state index is 5.64. The molecule has 2 aromatic rings. The number of anilines is 2. The lowest BCUT2D eigenvalue weighted by Crippen LogP contribution is -2.19. The summed E-state index contributed by atoms with van der Waals surface area (Å²) < 4.78 is 5.64. The molecule has 0 unspecified atom stereocenters. The molecule has 4 nitrogen and oxygen atoms in total. The molecule has 0 saturated carbocycles. The van der Waals surface area contributed by atoms with E-state index in [0.29, 0.717) is 6.61 Å². The van der Waals surface area contributed by atoms with Crippen molar-refractivity contribution in [3.8, 4) is 5.75 Å². The van der Waals surface area contributed by atoms with Gasteiger partial charge in [-0.15, -0.1) is 0 Å². The minimum atomic E-state index is 0.699. The Labute approximate surface area is 114 Å². The van der Waals surface area contributed by atoms with Crippen LogP contribution in [0.25, 0.3) is 0 Å². The van der Waals surface area contributed by atoms with Crippen LogP contribution in [0, 0.1) is 0 Å². The van der Waals surface area contributed by atoms with Crippen molar-refractivity contribution in [2.75, 3.05) is 32.6 Å². The smallest absolute Gasteiger partial charge is 0.119 e. The number of hydrogen-bond donors (Lipinski definition) is 1. The van der Waals surface area contributed by atoms with Crippen molar-refractivity contribution in [2.24, 2.45) is 0 Å². The van der Waals surface area contributed by atoms with Gasteiger partial charge in [-0.3, -0.25) is 4.98 Å². The molecule has 4 heteroatoms. The molecular formula is C15H19N3O. The average Bonchev–Trinajstić information content (AvgIpc) is 2.42. The molecule has 1 heterocycles. The van der Waals surface area contributed by atoms with Crippen molar-refractivity contribution in [3.05, 3.63) is 48.8 Å². The number of hydrogen-bond acceptors (Lipinski definition) is 4. The molecule has 0 radical (unpaired) electrons. The first-order valence-corrected chi connectivity index (χ1v) is 6.29. The van der Waals surface area contributed by atoms with E-state index < -0.39 is 0 Å². The molecule has 1 aromatic carbocycles. The highest BCUT2D eigenvalue weighted by atomic mass is 16.5. The van der Waals surface area contributed by atoms with Crippen molar-refractivity contribution in [2.45, 2.75) is 0 Å². The zero-order valence-corrected chi connectivity index (χ0v) is 11.3. The molecule has 1 N–H and O–H groups in total. The highest BCUT2D eigenvalue weighted by Crippen LogP contribution is 2.19. The number of benzene rings is 1. The summed E-state index contributed by atoms with van der Waals surface area (Å²) in [5.41, 5.74) is 2.06. The van der Waals surface area contributed by atoms with E-state index in [4.69, 9.17) is 4.74 Å². The molecule has 0 bridgehead atoms. The summed E-state index contributed by atoms with van der Waals surface area (Å²) in [6.07, 6.45) is 3.53. The fraction of sp³-hybridized carbons (Fsp3) is 0.267. The van der Waals surface area contributed by atoms with Gasteiger partial charge in [0.1, 0.15) is 12.4 Å². The maximum Gasteiger partial charge on any atom is 0.119 e. The van der Waals surface area contributed by atoms with Crippen LogP contribution in [0.4, 0.5) is 11.4 Å². The van der Waals surface area contributed by atoms with Crippen LogP contribution in [0.1, 0.15) is 0 Å². The van der Waals surface area contributed by atoms with Gasteiger partial charge in [0.15, 0.2) is 0 Å². The molecule has 0 amide bonds. The second kappa shape index (κ2) is 6.75. The maximum atomic E-state index is 5.64. The molecule has 0 spiro atoms. The van der Waals surface area contributed by atoms with E-state index in [0.717, 1.165) is 23.7 Å². The first-order valence-electron chi connectivity index (χ1n) is 6.29. The summed E-state index contributed by atoms with van der Waals surface area (Å²) >= 11 is 0. The second-order valence-electron chi connectivity index (χ2n) is 4.54. The van der Waals surface area contributed by atoms with E-state index in [-0.39, 0.29) is 0 Å². The van der Waals surface area contributed by atoms with E-state index in [9.17, 15) is 0 Å². The number of nitrogens with zero attached hydrogens (tertiary/aromatic N) is 2. The number of ether oxygens (including phenoxy) is 1. The topological polar surface area (TPSA) is 37.4 Å². The molecule has 19 heavy (non-hydrogen) atoms. The predicted octanol–water partition coefficient (Wildman–Crippen LogP) is 2.77. The number of aromatic nitrogens is 1. The van der Waals surface area contributed by atoms with Gasteiger partial charge in [0, 0.05) is 30.3 Å². The van der Waals surface area contributed by atoms with Gasteiger partial charge in [-0.25, -0.2) is 0 Å². The Balaban J connectivity index is 1.88. The summed E-state index contributed by atoms with van der Waals surface area (Å²) in [6, 6.07) is 11.8.